The van der Waals surface area contributed by atoms with Crippen LogP contribution in [0.1, 0.15) is 18.4 Å². The summed E-state index contributed by atoms with van der Waals surface area (Å²) in [6.07, 6.45) is 1.37. The van der Waals surface area contributed by atoms with Gasteiger partial charge in [-0.2, -0.15) is 0 Å². The lowest BCUT2D eigenvalue weighted by Gasteiger charge is -2.28. The van der Waals surface area contributed by atoms with Gasteiger partial charge in [-0.25, -0.2) is 4.39 Å². The van der Waals surface area contributed by atoms with E-state index in [0.29, 0.717) is 13.0 Å². The van der Waals surface area contributed by atoms with Crippen molar-refractivity contribution in [3.8, 4) is 11.1 Å². The molecule has 1 heterocycles. The van der Waals surface area contributed by atoms with Gasteiger partial charge in [-0.05, 0) is 35.2 Å². The lowest BCUT2D eigenvalue weighted by atomic mass is 10.0. The van der Waals surface area contributed by atoms with Gasteiger partial charge in [0, 0.05) is 13.0 Å². The predicted molar refractivity (Wildman–Crippen MR) is 115 cm³/mol. The van der Waals surface area contributed by atoms with Gasteiger partial charge in [0.05, 0.1) is 12.1 Å². The number of halogens is 1. The van der Waals surface area contributed by atoms with Gasteiger partial charge >= 0.3 is 0 Å². The molecule has 0 saturated carbocycles. The minimum Gasteiger partial charge on any atom is -0.324 e. The minimum absolute atomic E-state index is 0.00338. The molecule has 0 unspecified atom stereocenters. The molecule has 0 N–H and O–H groups in total. The zero-order chi connectivity index (χ0) is 20.9. The Hall–Kier alpha value is -3.47. The summed E-state index contributed by atoms with van der Waals surface area (Å²) >= 11 is 0. The fourth-order valence-electron chi connectivity index (χ4n) is 3.70. The third-order valence-electron chi connectivity index (χ3n) is 5.34. The Labute approximate surface area is 175 Å². The molecule has 0 bridgehead atoms. The molecular weight excluding hydrogens is 379 g/mol. The first kappa shape index (κ1) is 19.8. The summed E-state index contributed by atoms with van der Waals surface area (Å²) < 4.78 is 14.5. The molecule has 30 heavy (non-hydrogen) atoms. The van der Waals surface area contributed by atoms with E-state index >= 15 is 0 Å². The normalized spacial score (nSPS) is 13.5. The predicted octanol–water partition coefficient (Wildman–Crippen LogP) is 4.65. The van der Waals surface area contributed by atoms with Crippen LogP contribution in [-0.2, 0) is 16.0 Å². The van der Waals surface area contributed by atoms with Crippen molar-refractivity contribution in [1.29, 1.82) is 0 Å². The van der Waals surface area contributed by atoms with E-state index in [1.807, 2.05) is 54.6 Å². The molecule has 3 aromatic rings. The third-order valence-corrected chi connectivity index (χ3v) is 5.34. The fourth-order valence-corrected chi connectivity index (χ4v) is 3.70. The van der Waals surface area contributed by atoms with E-state index in [1.165, 1.54) is 11.0 Å². The van der Waals surface area contributed by atoms with Gasteiger partial charge in [0.15, 0.2) is 0 Å². The molecular formula is C25H23FN2O2. The van der Waals surface area contributed by atoms with Gasteiger partial charge < -0.3 is 4.90 Å². The standard InChI is InChI=1S/C25H23FN2O2/c26-22-9-4-5-10-23(22)28(18-27-16-6-11-24(27)29)25(30)17-19-12-14-21(15-13-19)20-7-2-1-3-8-20/h1-5,7-10,12-15H,6,11,16-18H2. The lowest BCUT2D eigenvalue weighted by molar-refractivity contribution is -0.128. The zero-order valence-corrected chi connectivity index (χ0v) is 16.6. The first-order chi connectivity index (χ1) is 14.6. The number of carbonyl (C=O) groups is 2. The second kappa shape index (κ2) is 8.91. The molecule has 152 valence electrons. The van der Waals surface area contributed by atoms with Crippen LogP contribution in [0, 0.1) is 5.82 Å². The van der Waals surface area contributed by atoms with Crippen molar-refractivity contribution in [2.75, 3.05) is 18.1 Å². The van der Waals surface area contributed by atoms with Crippen molar-refractivity contribution in [3.05, 3.63) is 90.2 Å². The summed E-state index contributed by atoms with van der Waals surface area (Å²) in [6, 6.07) is 24.0. The van der Waals surface area contributed by atoms with Crippen LogP contribution in [0.5, 0.6) is 0 Å². The van der Waals surface area contributed by atoms with Crippen molar-refractivity contribution in [1.82, 2.24) is 4.90 Å². The molecule has 0 aromatic heterocycles. The third kappa shape index (κ3) is 4.40. The van der Waals surface area contributed by atoms with E-state index in [0.717, 1.165) is 23.1 Å². The number of benzene rings is 3. The van der Waals surface area contributed by atoms with E-state index in [1.54, 1.807) is 23.1 Å². The Kier molecular flexibility index (Phi) is 5.89. The largest absolute Gasteiger partial charge is 0.324 e. The molecule has 0 atom stereocenters. The summed E-state index contributed by atoms with van der Waals surface area (Å²) in [5.41, 5.74) is 3.22. The number of nitrogens with zero attached hydrogens (tertiary/aromatic N) is 2. The number of hydrogen-bond donors (Lipinski definition) is 0. The van der Waals surface area contributed by atoms with Crippen LogP contribution in [0.15, 0.2) is 78.9 Å². The first-order valence-electron chi connectivity index (χ1n) is 10.1. The Bertz CT molecular complexity index is 1030. The summed E-state index contributed by atoms with van der Waals surface area (Å²) in [6.45, 7) is 0.656. The van der Waals surface area contributed by atoms with E-state index in [2.05, 4.69) is 0 Å². The van der Waals surface area contributed by atoms with Crippen molar-refractivity contribution in [2.24, 2.45) is 0 Å². The Balaban J connectivity index is 1.54. The highest BCUT2D eigenvalue weighted by molar-refractivity contribution is 5.95. The molecule has 0 aliphatic carbocycles. The van der Waals surface area contributed by atoms with E-state index in [4.69, 9.17) is 0 Å². The molecule has 1 aliphatic rings. The van der Waals surface area contributed by atoms with Crippen molar-refractivity contribution < 1.29 is 14.0 Å². The maximum Gasteiger partial charge on any atom is 0.232 e. The van der Waals surface area contributed by atoms with Crippen LogP contribution in [0.2, 0.25) is 0 Å². The number of carbonyl (C=O) groups excluding carboxylic acids is 2. The molecule has 1 aliphatic heterocycles. The molecule has 1 saturated heterocycles. The van der Waals surface area contributed by atoms with Gasteiger partial charge in [-0.15, -0.1) is 0 Å². The van der Waals surface area contributed by atoms with E-state index < -0.39 is 5.82 Å². The maximum absolute atomic E-state index is 14.5. The van der Waals surface area contributed by atoms with Crippen LogP contribution >= 0.6 is 0 Å². The van der Waals surface area contributed by atoms with Gasteiger partial charge in [0.25, 0.3) is 0 Å². The van der Waals surface area contributed by atoms with Crippen molar-refractivity contribution >= 4 is 17.5 Å². The highest BCUT2D eigenvalue weighted by Gasteiger charge is 2.27. The smallest absolute Gasteiger partial charge is 0.232 e. The second-order valence-electron chi connectivity index (χ2n) is 7.42. The Morgan fingerprint density at radius 1 is 0.900 bits per heavy atom. The molecule has 2 amide bonds. The van der Waals surface area contributed by atoms with Crippen LogP contribution in [0.3, 0.4) is 0 Å². The maximum atomic E-state index is 14.5. The Morgan fingerprint density at radius 2 is 1.57 bits per heavy atom. The van der Waals surface area contributed by atoms with Crippen molar-refractivity contribution in [3.63, 3.8) is 0 Å². The number of para-hydroxylation sites is 1. The SMILES string of the molecule is O=C1CCCN1CN(C(=O)Cc1ccc(-c2ccccc2)cc1)c1ccccc1F. The first-order valence-corrected chi connectivity index (χ1v) is 10.1. The van der Waals surface area contributed by atoms with Gasteiger partial charge in [-0.1, -0.05) is 66.7 Å². The van der Waals surface area contributed by atoms with Crippen LogP contribution in [-0.4, -0.2) is 29.9 Å². The van der Waals surface area contributed by atoms with Crippen LogP contribution in [0.25, 0.3) is 11.1 Å². The van der Waals surface area contributed by atoms with Crippen LogP contribution in [0.4, 0.5) is 10.1 Å². The van der Waals surface area contributed by atoms with Gasteiger partial charge in [0.2, 0.25) is 11.8 Å². The number of hydrogen-bond acceptors (Lipinski definition) is 2. The molecule has 4 rings (SSSR count). The van der Waals surface area contributed by atoms with Crippen molar-refractivity contribution in [2.45, 2.75) is 19.3 Å². The fraction of sp³-hybridized carbons (Fsp3) is 0.200. The highest BCUT2D eigenvalue weighted by Crippen LogP contribution is 2.23. The Morgan fingerprint density at radius 3 is 2.23 bits per heavy atom. The second-order valence-corrected chi connectivity index (χ2v) is 7.42. The number of anilines is 1. The monoisotopic (exact) mass is 402 g/mol. The molecule has 3 aromatic carbocycles. The van der Waals surface area contributed by atoms with Gasteiger partial charge in [-0.3, -0.25) is 14.5 Å². The summed E-state index contributed by atoms with van der Waals surface area (Å²) in [7, 11) is 0. The summed E-state index contributed by atoms with van der Waals surface area (Å²) in [4.78, 5) is 28.2. The zero-order valence-electron chi connectivity index (χ0n) is 16.6. The van der Waals surface area contributed by atoms with E-state index in [9.17, 15) is 14.0 Å². The van der Waals surface area contributed by atoms with Crippen LogP contribution < -0.4 is 4.90 Å². The topological polar surface area (TPSA) is 40.6 Å². The molecule has 4 nitrogen and oxygen atoms in total. The molecule has 5 heteroatoms. The number of amides is 2. The summed E-state index contributed by atoms with van der Waals surface area (Å²) in [5.74, 6) is -0.722. The number of likely N-dealkylation sites (tertiary alicyclic amines) is 1. The molecule has 0 spiro atoms. The summed E-state index contributed by atoms with van der Waals surface area (Å²) in [5, 5.41) is 0. The molecule has 1 fully saturated rings. The lowest BCUT2D eigenvalue weighted by Crippen LogP contribution is -2.43. The number of rotatable bonds is 6. The van der Waals surface area contributed by atoms with E-state index in [-0.39, 0.29) is 30.6 Å². The minimum atomic E-state index is -0.475. The quantitative estimate of drug-likeness (QED) is 0.602. The average molecular weight is 402 g/mol. The molecule has 0 radical (unpaired) electrons. The highest BCUT2D eigenvalue weighted by atomic mass is 19.1. The average Bonchev–Trinajstić information content (AvgIpc) is 3.18. The van der Waals surface area contributed by atoms with Gasteiger partial charge in [0.1, 0.15) is 12.5 Å².